The largest absolute Gasteiger partial charge is 0.378 e. The molecule has 0 aliphatic rings. The summed E-state index contributed by atoms with van der Waals surface area (Å²) in [6.45, 7) is 6.57. The van der Waals surface area contributed by atoms with Gasteiger partial charge in [0.1, 0.15) is 0 Å². The predicted molar refractivity (Wildman–Crippen MR) is 96.4 cm³/mol. The Balaban J connectivity index is 2.06. The van der Waals surface area contributed by atoms with E-state index in [4.69, 9.17) is 0 Å². The number of aryl methyl sites for hydroxylation is 2. The summed E-state index contributed by atoms with van der Waals surface area (Å²) in [6, 6.07) is 15.8. The minimum Gasteiger partial charge on any atom is -0.378 e. The summed E-state index contributed by atoms with van der Waals surface area (Å²) < 4.78 is 1.30. The van der Waals surface area contributed by atoms with E-state index in [0.29, 0.717) is 6.04 Å². The smallest absolute Gasteiger partial charge is 0.0485 e. The van der Waals surface area contributed by atoms with E-state index in [2.05, 4.69) is 91.1 Å². The number of hydrogen-bond acceptors (Lipinski definition) is 1. The van der Waals surface area contributed by atoms with E-state index in [1.807, 2.05) is 0 Å². The lowest BCUT2D eigenvalue weighted by molar-refractivity contribution is 0.876. The highest BCUT2D eigenvalue weighted by atomic mass is 127. The molecule has 2 heteroatoms. The fourth-order valence-electron chi connectivity index (χ4n) is 2.28. The molecule has 0 aromatic heterocycles. The summed E-state index contributed by atoms with van der Waals surface area (Å²) in [5, 5.41) is 3.57. The molecule has 0 fully saturated rings. The van der Waals surface area contributed by atoms with Gasteiger partial charge in [-0.05, 0) is 71.7 Å². The van der Waals surface area contributed by atoms with Crippen molar-refractivity contribution >= 4 is 28.3 Å². The molecule has 0 aliphatic heterocycles. The SMILES string of the molecule is CCCc1ccc(C(C)Nc2ccc(C)c(I)c2)cc1. The maximum Gasteiger partial charge on any atom is 0.0485 e. The van der Waals surface area contributed by atoms with E-state index < -0.39 is 0 Å². The maximum absolute atomic E-state index is 3.57. The highest BCUT2D eigenvalue weighted by Gasteiger charge is 2.06. The standard InChI is InChI=1S/C18H22IN/c1-4-5-15-7-9-16(10-8-15)14(3)20-17-11-6-13(2)18(19)12-17/h6-12,14,20H,4-5H2,1-3H3. The lowest BCUT2D eigenvalue weighted by Gasteiger charge is -2.17. The van der Waals surface area contributed by atoms with Gasteiger partial charge in [-0.25, -0.2) is 0 Å². The zero-order valence-electron chi connectivity index (χ0n) is 12.4. The van der Waals surface area contributed by atoms with Gasteiger partial charge in [0.05, 0.1) is 0 Å². The van der Waals surface area contributed by atoms with Crippen molar-refractivity contribution in [1.82, 2.24) is 0 Å². The molecule has 1 N–H and O–H groups in total. The Morgan fingerprint density at radius 3 is 2.40 bits per heavy atom. The van der Waals surface area contributed by atoms with Crippen LogP contribution in [0.5, 0.6) is 0 Å². The van der Waals surface area contributed by atoms with Crippen LogP contribution < -0.4 is 5.32 Å². The molecule has 1 nitrogen and oxygen atoms in total. The topological polar surface area (TPSA) is 12.0 Å². The zero-order valence-corrected chi connectivity index (χ0v) is 14.6. The average molecular weight is 379 g/mol. The van der Waals surface area contributed by atoms with Crippen LogP contribution >= 0.6 is 22.6 Å². The molecule has 0 heterocycles. The quantitative estimate of drug-likeness (QED) is 0.655. The van der Waals surface area contributed by atoms with Crippen LogP contribution in [0.2, 0.25) is 0 Å². The van der Waals surface area contributed by atoms with E-state index >= 15 is 0 Å². The van der Waals surface area contributed by atoms with Gasteiger partial charge < -0.3 is 5.32 Å². The van der Waals surface area contributed by atoms with Crippen LogP contribution in [0.25, 0.3) is 0 Å². The Hall–Kier alpha value is -1.03. The number of halogens is 1. The summed E-state index contributed by atoms with van der Waals surface area (Å²) >= 11 is 2.38. The highest BCUT2D eigenvalue weighted by Crippen LogP contribution is 2.23. The molecule has 2 aromatic carbocycles. The molecule has 0 bridgehead atoms. The number of rotatable bonds is 5. The third kappa shape index (κ3) is 3.98. The van der Waals surface area contributed by atoms with Crippen molar-refractivity contribution in [2.45, 2.75) is 39.7 Å². The molecule has 0 amide bonds. The van der Waals surface area contributed by atoms with Gasteiger partial charge in [0.2, 0.25) is 0 Å². The van der Waals surface area contributed by atoms with Crippen molar-refractivity contribution in [1.29, 1.82) is 0 Å². The second-order valence-electron chi connectivity index (χ2n) is 5.32. The van der Waals surface area contributed by atoms with Gasteiger partial charge in [-0.15, -0.1) is 0 Å². The first-order valence-corrected chi connectivity index (χ1v) is 8.29. The van der Waals surface area contributed by atoms with Crippen LogP contribution in [-0.2, 0) is 6.42 Å². The van der Waals surface area contributed by atoms with Crippen LogP contribution in [0.3, 0.4) is 0 Å². The first-order valence-electron chi connectivity index (χ1n) is 7.21. The Kier molecular flexibility index (Phi) is 5.46. The van der Waals surface area contributed by atoms with E-state index in [1.165, 1.54) is 32.4 Å². The lowest BCUT2D eigenvalue weighted by atomic mass is 10.0. The van der Waals surface area contributed by atoms with Crippen molar-refractivity contribution in [3.05, 3.63) is 62.7 Å². The molecule has 0 spiro atoms. The molecular formula is C18H22IN. The minimum atomic E-state index is 0.323. The van der Waals surface area contributed by atoms with E-state index in [1.54, 1.807) is 0 Å². The van der Waals surface area contributed by atoms with Crippen molar-refractivity contribution < 1.29 is 0 Å². The molecule has 1 unspecified atom stereocenters. The van der Waals surface area contributed by atoms with Gasteiger partial charge in [-0.2, -0.15) is 0 Å². The molecule has 0 saturated carbocycles. The second kappa shape index (κ2) is 7.11. The minimum absolute atomic E-state index is 0.323. The molecule has 2 aromatic rings. The van der Waals surface area contributed by atoms with Crippen molar-refractivity contribution in [3.63, 3.8) is 0 Å². The molecule has 0 saturated heterocycles. The summed E-state index contributed by atoms with van der Waals surface area (Å²) in [7, 11) is 0. The van der Waals surface area contributed by atoms with Crippen LogP contribution in [-0.4, -0.2) is 0 Å². The van der Waals surface area contributed by atoms with Gasteiger partial charge in [-0.3, -0.25) is 0 Å². The average Bonchev–Trinajstić information content (AvgIpc) is 2.44. The fraction of sp³-hybridized carbons (Fsp3) is 0.333. The Bertz CT molecular complexity index is 560. The van der Waals surface area contributed by atoms with Gasteiger partial charge in [0.25, 0.3) is 0 Å². The third-order valence-electron chi connectivity index (χ3n) is 3.57. The van der Waals surface area contributed by atoms with Crippen LogP contribution in [0.1, 0.15) is 43.0 Å². The summed E-state index contributed by atoms with van der Waals surface area (Å²) in [5.41, 5.74) is 5.27. The Morgan fingerprint density at radius 1 is 1.10 bits per heavy atom. The molecule has 2 rings (SSSR count). The Labute approximate surface area is 135 Å². The molecule has 106 valence electrons. The summed E-state index contributed by atoms with van der Waals surface area (Å²) in [6.07, 6.45) is 2.37. The van der Waals surface area contributed by atoms with Gasteiger partial charge in [0, 0.05) is 15.3 Å². The van der Waals surface area contributed by atoms with Gasteiger partial charge in [-0.1, -0.05) is 43.7 Å². The normalized spacial score (nSPS) is 12.2. The first-order chi connectivity index (χ1) is 9.60. The number of anilines is 1. The van der Waals surface area contributed by atoms with Crippen LogP contribution in [0.15, 0.2) is 42.5 Å². The predicted octanol–water partition coefficient (Wildman–Crippen LogP) is 5.73. The number of nitrogens with one attached hydrogen (secondary N) is 1. The highest BCUT2D eigenvalue weighted by molar-refractivity contribution is 14.1. The van der Waals surface area contributed by atoms with E-state index in [9.17, 15) is 0 Å². The second-order valence-corrected chi connectivity index (χ2v) is 6.48. The van der Waals surface area contributed by atoms with Crippen molar-refractivity contribution in [3.8, 4) is 0 Å². The van der Waals surface area contributed by atoms with E-state index in [0.717, 1.165) is 6.42 Å². The van der Waals surface area contributed by atoms with Crippen molar-refractivity contribution in [2.24, 2.45) is 0 Å². The van der Waals surface area contributed by atoms with Crippen molar-refractivity contribution in [2.75, 3.05) is 5.32 Å². The van der Waals surface area contributed by atoms with Crippen LogP contribution in [0.4, 0.5) is 5.69 Å². The molecule has 0 aliphatic carbocycles. The van der Waals surface area contributed by atoms with Gasteiger partial charge >= 0.3 is 0 Å². The summed E-state index contributed by atoms with van der Waals surface area (Å²) in [5.74, 6) is 0. The number of hydrogen-bond donors (Lipinski definition) is 1. The lowest BCUT2D eigenvalue weighted by Crippen LogP contribution is -2.07. The molecule has 1 atom stereocenters. The molecule has 20 heavy (non-hydrogen) atoms. The molecule has 0 radical (unpaired) electrons. The third-order valence-corrected chi connectivity index (χ3v) is 4.74. The maximum atomic E-state index is 3.57. The van der Waals surface area contributed by atoms with Gasteiger partial charge in [0.15, 0.2) is 0 Å². The molecular weight excluding hydrogens is 357 g/mol. The number of benzene rings is 2. The monoisotopic (exact) mass is 379 g/mol. The van der Waals surface area contributed by atoms with Crippen LogP contribution in [0, 0.1) is 10.5 Å². The van der Waals surface area contributed by atoms with E-state index in [-0.39, 0.29) is 0 Å². The fourth-order valence-corrected chi connectivity index (χ4v) is 2.79. The summed E-state index contributed by atoms with van der Waals surface area (Å²) in [4.78, 5) is 0. The Morgan fingerprint density at radius 2 is 1.80 bits per heavy atom. The first kappa shape index (κ1) is 15.4. The zero-order chi connectivity index (χ0) is 14.5.